The number of nitrogens with two attached hydrogens (primary N) is 1. The maximum Gasteiger partial charge on any atom is 0.356 e. The monoisotopic (exact) mass is 310 g/mol. The molecule has 1 aliphatic rings. The minimum absolute atomic E-state index is 0.323. The Morgan fingerprint density at radius 3 is 3.04 bits per heavy atom. The van der Waals surface area contributed by atoms with E-state index in [0.29, 0.717) is 31.1 Å². The SMILES string of the molecule is C#Cc1cc2c(cn1)CCc1c-2nn(CCN)c1C(=O)OCC. The molecule has 0 amide bonds. The number of carbonyl (C=O) groups excluding carboxylic acids is 1. The van der Waals surface area contributed by atoms with Crippen LogP contribution in [0, 0.1) is 12.3 Å². The maximum atomic E-state index is 12.3. The third-order valence-electron chi connectivity index (χ3n) is 3.89. The fourth-order valence-corrected chi connectivity index (χ4v) is 2.91. The number of fused-ring (bicyclic) bond motifs is 3. The summed E-state index contributed by atoms with van der Waals surface area (Å²) in [5.74, 6) is 2.18. The Morgan fingerprint density at radius 1 is 1.52 bits per heavy atom. The predicted molar refractivity (Wildman–Crippen MR) is 85.8 cm³/mol. The molecule has 2 aromatic rings. The van der Waals surface area contributed by atoms with Crippen molar-refractivity contribution in [2.24, 2.45) is 5.73 Å². The molecule has 3 rings (SSSR count). The normalized spacial score (nSPS) is 12.2. The minimum atomic E-state index is -0.357. The summed E-state index contributed by atoms with van der Waals surface area (Å²) in [6.07, 6.45) is 8.75. The number of hydrogen-bond donors (Lipinski definition) is 1. The molecule has 0 aliphatic heterocycles. The lowest BCUT2D eigenvalue weighted by Crippen LogP contribution is -2.19. The summed E-state index contributed by atoms with van der Waals surface area (Å²) in [5, 5.41) is 4.60. The average Bonchev–Trinajstić information content (AvgIpc) is 2.93. The Kier molecular flexibility index (Phi) is 4.13. The van der Waals surface area contributed by atoms with E-state index < -0.39 is 0 Å². The van der Waals surface area contributed by atoms with Gasteiger partial charge in [-0.3, -0.25) is 4.68 Å². The van der Waals surface area contributed by atoms with Gasteiger partial charge in [-0.1, -0.05) is 5.92 Å². The lowest BCUT2D eigenvalue weighted by Gasteiger charge is -2.15. The van der Waals surface area contributed by atoms with Crippen LogP contribution in [-0.4, -0.2) is 33.9 Å². The van der Waals surface area contributed by atoms with E-state index in [1.807, 2.05) is 6.07 Å². The van der Waals surface area contributed by atoms with Crippen LogP contribution in [0.3, 0.4) is 0 Å². The number of ether oxygens (including phenoxy) is 1. The van der Waals surface area contributed by atoms with Crippen molar-refractivity contribution in [1.82, 2.24) is 14.8 Å². The van der Waals surface area contributed by atoms with Crippen LogP contribution in [-0.2, 0) is 24.1 Å². The molecule has 118 valence electrons. The summed E-state index contributed by atoms with van der Waals surface area (Å²) < 4.78 is 6.83. The fourth-order valence-electron chi connectivity index (χ4n) is 2.91. The van der Waals surface area contributed by atoms with Crippen molar-refractivity contribution in [3.63, 3.8) is 0 Å². The Bertz CT molecular complexity index is 802. The zero-order valence-electron chi connectivity index (χ0n) is 13.0. The minimum Gasteiger partial charge on any atom is -0.461 e. The molecule has 0 bridgehead atoms. The van der Waals surface area contributed by atoms with Crippen LogP contribution in [0.15, 0.2) is 12.3 Å². The second-order valence-corrected chi connectivity index (χ2v) is 5.28. The highest BCUT2D eigenvalue weighted by molar-refractivity contribution is 5.92. The summed E-state index contributed by atoms with van der Waals surface area (Å²) in [6, 6.07) is 1.85. The molecule has 0 aromatic carbocycles. The van der Waals surface area contributed by atoms with E-state index in [1.54, 1.807) is 17.8 Å². The van der Waals surface area contributed by atoms with Crippen LogP contribution in [0.2, 0.25) is 0 Å². The molecule has 1 aliphatic carbocycles. The third-order valence-corrected chi connectivity index (χ3v) is 3.89. The highest BCUT2D eigenvalue weighted by atomic mass is 16.5. The second-order valence-electron chi connectivity index (χ2n) is 5.28. The molecule has 0 atom stereocenters. The number of carbonyl (C=O) groups is 1. The van der Waals surface area contributed by atoms with Crippen molar-refractivity contribution in [3.8, 4) is 23.6 Å². The lowest BCUT2D eigenvalue weighted by atomic mass is 9.90. The first-order valence-electron chi connectivity index (χ1n) is 7.62. The van der Waals surface area contributed by atoms with Crippen molar-refractivity contribution >= 4 is 5.97 Å². The van der Waals surface area contributed by atoms with E-state index in [2.05, 4.69) is 16.0 Å². The van der Waals surface area contributed by atoms with Gasteiger partial charge in [0.25, 0.3) is 0 Å². The van der Waals surface area contributed by atoms with Gasteiger partial charge in [0.05, 0.1) is 18.8 Å². The van der Waals surface area contributed by atoms with Gasteiger partial charge in [0.15, 0.2) is 0 Å². The number of esters is 1. The zero-order chi connectivity index (χ0) is 16.4. The molecule has 6 nitrogen and oxygen atoms in total. The summed E-state index contributed by atoms with van der Waals surface area (Å²) in [7, 11) is 0. The molecule has 6 heteroatoms. The van der Waals surface area contributed by atoms with Gasteiger partial charge in [0.2, 0.25) is 0 Å². The van der Waals surface area contributed by atoms with Gasteiger partial charge < -0.3 is 10.5 Å². The second kappa shape index (κ2) is 6.23. The van der Waals surface area contributed by atoms with E-state index in [1.165, 1.54) is 0 Å². The molecule has 2 aromatic heterocycles. The predicted octanol–water partition coefficient (Wildman–Crippen LogP) is 1.16. The fraction of sp³-hybridized carbons (Fsp3) is 0.353. The first-order chi connectivity index (χ1) is 11.2. The van der Waals surface area contributed by atoms with Crippen LogP contribution in [0.25, 0.3) is 11.3 Å². The van der Waals surface area contributed by atoms with E-state index >= 15 is 0 Å². The molecule has 0 saturated carbocycles. The largest absolute Gasteiger partial charge is 0.461 e. The van der Waals surface area contributed by atoms with Crippen LogP contribution in [0.1, 0.15) is 34.2 Å². The summed E-state index contributed by atoms with van der Waals surface area (Å²) >= 11 is 0. The molecule has 2 heterocycles. The summed E-state index contributed by atoms with van der Waals surface area (Å²) in [6.45, 7) is 2.96. The third kappa shape index (κ3) is 2.60. The van der Waals surface area contributed by atoms with E-state index in [-0.39, 0.29) is 5.97 Å². The Labute approximate surface area is 134 Å². The van der Waals surface area contributed by atoms with Crippen molar-refractivity contribution < 1.29 is 9.53 Å². The molecule has 0 spiro atoms. The van der Waals surface area contributed by atoms with Gasteiger partial charge in [-0.05, 0) is 31.4 Å². The van der Waals surface area contributed by atoms with Crippen molar-refractivity contribution in [3.05, 3.63) is 34.8 Å². The first kappa shape index (κ1) is 15.3. The molecule has 0 unspecified atom stereocenters. The average molecular weight is 310 g/mol. The summed E-state index contributed by atoms with van der Waals surface area (Å²) in [4.78, 5) is 16.6. The van der Waals surface area contributed by atoms with E-state index in [4.69, 9.17) is 16.9 Å². The highest BCUT2D eigenvalue weighted by Gasteiger charge is 2.29. The first-order valence-corrected chi connectivity index (χ1v) is 7.62. The number of rotatable bonds is 4. The van der Waals surface area contributed by atoms with Crippen LogP contribution in [0.4, 0.5) is 0 Å². The quantitative estimate of drug-likeness (QED) is 0.677. The number of aromatic nitrogens is 3. The van der Waals surface area contributed by atoms with Crippen molar-refractivity contribution in [2.75, 3.05) is 13.2 Å². The van der Waals surface area contributed by atoms with Crippen LogP contribution >= 0.6 is 0 Å². The van der Waals surface area contributed by atoms with Gasteiger partial charge in [-0.2, -0.15) is 5.10 Å². The van der Waals surface area contributed by atoms with Crippen molar-refractivity contribution in [2.45, 2.75) is 26.3 Å². The number of pyridine rings is 1. The van der Waals surface area contributed by atoms with Gasteiger partial charge in [0.1, 0.15) is 11.4 Å². The number of aryl methyl sites for hydroxylation is 1. The summed E-state index contributed by atoms with van der Waals surface area (Å²) in [5.41, 5.74) is 10.4. The number of hydrogen-bond acceptors (Lipinski definition) is 5. The zero-order valence-corrected chi connectivity index (χ0v) is 13.0. The van der Waals surface area contributed by atoms with Gasteiger partial charge in [-0.15, -0.1) is 6.42 Å². The van der Waals surface area contributed by atoms with E-state index in [9.17, 15) is 4.79 Å². The van der Waals surface area contributed by atoms with Crippen molar-refractivity contribution in [1.29, 1.82) is 0 Å². The van der Waals surface area contributed by atoms with Crippen LogP contribution in [0.5, 0.6) is 0 Å². The molecule has 0 fully saturated rings. The molecular formula is C17H18N4O2. The Balaban J connectivity index is 2.17. The van der Waals surface area contributed by atoms with Gasteiger partial charge >= 0.3 is 5.97 Å². The molecule has 23 heavy (non-hydrogen) atoms. The Hall–Kier alpha value is -2.65. The van der Waals surface area contributed by atoms with Gasteiger partial charge in [-0.25, -0.2) is 9.78 Å². The molecule has 0 radical (unpaired) electrons. The van der Waals surface area contributed by atoms with Crippen LogP contribution < -0.4 is 5.73 Å². The van der Waals surface area contributed by atoms with Gasteiger partial charge in [0, 0.05) is 23.9 Å². The standard InChI is InChI=1S/C17H18N4O2/c1-3-12-9-14-11(10-19-12)5-6-13-15(14)20-21(8-7-18)16(13)17(22)23-4-2/h1,9-10H,4-8,18H2,2H3. The maximum absolute atomic E-state index is 12.3. The highest BCUT2D eigenvalue weighted by Crippen LogP contribution is 2.34. The lowest BCUT2D eigenvalue weighted by molar-refractivity contribution is 0.0510. The number of nitrogens with zero attached hydrogens (tertiary/aromatic N) is 3. The number of terminal acetylenes is 1. The topological polar surface area (TPSA) is 83.0 Å². The molecular weight excluding hydrogens is 292 g/mol. The molecule has 2 N–H and O–H groups in total. The smallest absolute Gasteiger partial charge is 0.356 e. The van der Waals surface area contributed by atoms with E-state index in [0.717, 1.165) is 35.2 Å². The molecule has 0 saturated heterocycles. The Morgan fingerprint density at radius 2 is 2.35 bits per heavy atom.